The number of nitro benzene ring substituents is 1. The zero-order chi connectivity index (χ0) is 14.8. The number of hydrogen-bond donors (Lipinski definition) is 0. The highest BCUT2D eigenvalue weighted by Crippen LogP contribution is 2.29. The number of nitro groups is 1. The summed E-state index contributed by atoms with van der Waals surface area (Å²) in [6.07, 6.45) is 1.48. The van der Waals surface area contributed by atoms with Crippen LogP contribution in [0.2, 0.25) is 0 Å². The van der Waals surface area contributed by atoms with E-state index in [1.807, 2.05) is 30.3 Å². The van der Waals surface area contributed by atoms with Crippen molar-refractivity contribution >= 4 is 17.0 Å². The average Bonchev–Trinajstić information content (AvgIpc) is 2.67. The third kappa shape index (κ3) is 2.53. The molecule has 21 heavy (non-hydrogen) atoms. The van der Waals surface area contributed by atoms with Gasteiger partial charge in [0.1, 0.15) is 12.4 Å². The van der Waals surface area contributed by atoms with Gasteiger partial charge in [0.15, 0.2) is 5.78 Å². The Hall–Kier alpha value is -2.95. The van der Waals surface area contributed by atoms with Crippen LogP contribution in [0.3, 0.4) is 0 Å². The third-order valence-corrected chi connectivity index (χ3v) is 3.27. The molecule has 0 N–H and O–H groups in total. The molecule has 0 radical (unpaired) electrons. The lowest BCUT2D eigenvalue weighted by molar-refractivity contribution is -0.384. The summed E-state index contributed by atoms with van der Waals surface area (Å²) in [7, 11) is 0. The average molecular weight is 281 g/mol. The van der Waals surface area contributed by atoms with E-state index in [4.69, 9.17) is 4.74 Å². The Kier molecular flexibility index (Phi) is 3.23. The number of allylic oxidation sites excluding steroid dienone is 1. The maximum absolute atomic E-state index is 12.3. The van der Waals surface area contributed by atoms with Crippen molar-refractivity contribution < 1.29 is 14.5 Å². The lowest BCUT2D eigenvalue weighted by Gasteiger charge is -2.08. The molecule has 5 nitrogen and oxygen atoms in total. The minimum absolute atomic E-state index is 0.123. The number of rotatable bonds is 2. The lowest BCUT2D eigenvalue weighted by Crippen LogP contribution is -2.00. The molecule has 2 aromatic rings. The minimum Gasteiger partial charge on any atom is -0.488 e. The molecule has 0 aliphatic carbocycles. The van der Waals surface area contributed by atoms with Crippen LogP contribution in [0.25, 0.3) is 5.57 Å². The van der Waals surface area contributed by atoms with Gasteiger partial charge in [-0.2, -0.15) is 0 Å². The monoisotopic (exact) mass is 281 g/mol. The van der Waals surface area contributed by atoms with E-state index in [1.165, 1.54) is 24.3 Å². The number of nitrogens with zero attached hydrogens (tertiary/aromatic N) is 1. The predicted octanol–water partition coefficient (Wildman–Crippen LogP) is 3.25. The van der Waals surface area contributed by atoms with Gasteiger partial charge in [-0.15, -0.1) is 0 Å². The van der Waals surface area contributed by atoms with Gasteiger partial charge in [-0.1, -0.05) is 30.3 Å². The molecule has 0 fully saturated rings. The molecule has 0 spiro atoms. The number of carbonyl (C=O) groups is 1. The van der Waals surface area contributed by atoms with Crippen LogP contribution in [0.5, 0.6) is 5.75 Å². The van der Waals surface area contributed by atoms with Crippen LogP contribution in [0, 0.1) is 10.1 Å². The van der Waals surface area contributed by atoms with Gasteiger partial charge in [0.2, 0.25) is 0 Å². The molecule has 0 aromatic heterocycles. The Labute approximate surface area is 120 Å². The van der Waals surface area contributed by atoms with Crippen LogP contribution in [-0.2, 0) is 0 Å². The quantitative estimate of drug-likeness (QED) is 0.625. The van der Waals surface area contributed by atoms with Gasteiger partial charge in [-0.25, -0.2) is 0 Å². The Balaban J connectivity index is 2.02. The molecule has 0 saturated carbocycles. The predicted molar refractivity (Wildman–Crippen MR) is 77.3 cm³/mol. The van der Waals surface area contributed by atoms with E-state index >= 15 is 0 Å². The van der Waals surface area contributed by atoms with Gasteiger partial charge in [0.05, 0.1) is 10.5 Å². The summed E-state index contributed by atoms with van der Waals surface area (Å²) < 4.78 is 5.61. The second-order valence-corrected chi connectivity index (χ2v) is 4.63. The fraction of sp³-hybridized carbons (Fsp3) is 0.0625. The van der Waals surface area contributed by atoms with Crippen LogP contribution in [0.4, 0.5) is 5.69 Å². The highest BCUT2D eigenvalue weighted by Gasteiger charge is 2.20. The molecule has 104 valence electrons. The van der Waals surface area contributed by atoms with Gasteiger partial charge in [-0.05, 0) is 17.7 Å². The van der Waals surface area contributed by atoms with Crippen LogP contribution < -0.4 is 4.74 Å². The molecule has 1 aliphatic heterocycles. The van der Waals surface area contributed by atoms with Crippen molar-refractivity contribution in [2.45, 2.75) is 0 Å². The van der Waals surface area contributed by atoms with Crippen molar-refractivity contribution in [3.63, 3.8) is 0 Å². The minimum atomic E-state index is -0.528. The van der Waals surface area contributed by atoms with Crippen molar-refractivity contribution in [3.05, 3.63) is 75.8 Å². The van der Waals surface area contributed by atoms with E-state index in [9.17, 15) is 14.9 Å². The second kappa shape index (κ2) is 5.20. The molecule has 5 heteroatoms. The maximum atomic E-state index is 12.3. The standard InChI is InChI=1S/C16H11NO4/c18-15-8-12(11-4-2-1-3-5-11)10-21-16-7-6-13(17(19)20)9-14(15)16/h1-9H,10H2. The first kappa shape index (κ1) is 13.1. The molecule has 0 unspecified atom stereocenters. The lowest BCUT2D eigenvalue weighted by atomic mass is 10.0. The largest absolute Gasteiger partial charge is 0.488 e. The number of carbonyl (C=O) groups excluding carboxylic acids is 1. The highest BCUT2D eigenvalue weighted by atomic mass is 16.6. The first-order valence-electron chi connectivity index (χ1n) is 6.37. The van der Waals surface area contributed by atoms with E-state index in [0.29, 0.717) is 5.75 Å². The van der Waals surface area contributed by atoms with Crippen LogP contribution >= 0.6 is 0 Å². The van der Waals surface area contributed by atoms with E-state index in [-0.39, 0.29) is 23.6 Å². The summed E-state index contributed by atoms with van der Waals surface area (Å²) >= 11 is 0. The fourth-order valence-electron chi connectivity index (χ4n) is 2.20. The van der Waals surface area contributed by atoms with Gasteiger partial charge in [-0.3, -0.25) is 14.9 Å². The Morgan fingerprint density at radius 2 is 1.86 bits per heavy atom. The molecular formula is C16H11NO4. The van der Waals surface area contributed by atoms with Crippen LogP contribution in [-0.4, -0.2) is 17.3 Å². The number of fused-ring (bicyclic) bond motifs is 1. The number of benzene rings is 2. The van der Waals surface area contributed by atoms with Crippen molar-refractivity contribution in [1.29, 1.82) is 0 Å². The number of ketones is 1. The molecule has 0 bridgehead atoms. The van der Waals surface area contributed by atoms with Gasteiger partial charge < -0.3 is 4.74 Å². The Morgan fingerprint density at radius 1 is 1.10 bits per heavy atom. The summed E-state index contributed by atoms with van der Waals surface area (Å²) in [5.41, 5.74) is 1.74. The maximum Gasteiger partial charge on any atom is 0.270 e. The van der Waals surface area contributed by atoms with Gasteiger partial charge in [0.25, 0.3) is 5.69 Å². The zero-order valence-electron chi connectivity index (χ0n) is 11.0. The molecule has 0 saturated heterocycles. The van der Waals surface area contributed by atoms with Crippen LogP contribution in [0.15, 0.2) is 54.6 Å². The Bertz CT molecular complexity index is 750. The SMILES string of the molecule is O=C1C=C(c2ccccc2)COc2ccc([N+](=O)[O-])cc21. The summed E-state index contributed by atoms with van der Waals surface area (Å²) in [5.74, 6) is 0.0813. The third-order valence-electron chi connectivity index (χ3n) is 3.27. The van der Waals surface area contributed by atoms with E-state index in [2.05, 4.69) is 0 Å². The van der Waals surface area contributed by atoms with Crippen molar-refractivity contribution in [2.75, 3.05) is 6.61 Å². The number of hydrogen-bond acceptors (Lipinski definition) is 4. The Morgan fingerprint density at radius 3 is 2.57 bits per heavy atom. The molecule has 0 atom stereocenters. The van der Waals surface area contributed by atoms with E-state index in [1.54, 1.807) is 0 Å². The van der Waals surface area contributed by atoms with Crippen molar-refractivity contribution in [1.82, 2.24) is 0 Å². The molecule has 2 aromatic carbocycles. The zero-order valence-corrected chi connectivity index (χ0v) is 11.0. The van der Waals surface area contributed by atoms with E-state index < -0.39 is 4.92 Å². The summed E-state index contributed by atoms with van der Waals surface area (Å²) in [5, 5.41) is 10.8. The smallest absolute Gasteiger partial charge is 0.270 e. The molecule has 1 heterocycles. The van der Waals surface area contributed by atoms with Crippen molar-refractivity contribution in [3.8, 4) is 5.75 Å². The summed E-state index contributed by atoms with van der Waals surface area (Å²) in [6, 6.07) is 13.5. The molecule has 3 rings (SSSR count). The number of non-ortho nitro benzene ring substituents is 1. The van der Waals surface area contributed by atoms with Crippen LogP contribution in [0.1, 0.15) is 15.9 Å². The highest BCUT2D eigenvalue weighted by molar-refractivity contribution is 6.11. The molecule has 1 aliphatic rings. The van der Waals surface area contributed by atoms with Crippen molar-refractivity contribution in [2.24, 2.45) is 0 Å². The van der Waals surface area contributed by atoms with Gasteiger partial charge >= 0.3 is 0 Å². The van der Waals surface area contributed by atoms with E-state index in [0.717, 1.165) is 11.1 Å². The normalized spacial score (nSPS) is 13.7. The van der Waals surface area contributed by atoms with Gasteiger partial charge in [0, 0.05) is 17.7 Å². The molecule has 0 amide bonds. The first-order valence-corrected chi connectivity index (χ1v) is 6.37. The summed E-state index contributed by atoms with van der Waals surface area (Å²) in [6.45, 7) is 0.251. The molecular weight excluding hydrogens is 270 g/mol. The number of ether oxygens (including phenoxy) is 1. The fourth-order valence-corrected chi connectivity index (χ4v) is 2.20. The summed E-state index contributed by atoms with van der Waals surface area (Å²) in [4.78, 5) is 22.6. The first-order chi connectivity index (χ1) is 10.1. The second-order valence-electron chi connectivity index (χ2n) is 4.63. The topological polar surface area (TPSA) is 69.4 Å².